The van der Waals surface area contributed by atoms with Crippen LogP contribution in [0.3, 0.4) is 0 Å². The molecule has 0 unspecified atom stereocenters. The Balaban J connectivity index is 3.91. The molecule has 0 aliphatic rings. The first-order chi connectivity index (χ1) is 4.04. The summed E-state index contributed by atoms with van der Waals surface area (Å²) in [6.45, 7) is 7.51. The zero-order valence-corrected chi connectivity index (χ0v) is 6.31. The molecule has 0 aromatic carbocycles. The molecule has 0 heterocycles. The quantitative estimate of drug-likeness (QED) is 0.603. The Morgan fingerprint density at radius 1 is 1.56 bits per heavy atom. The van der Waals surface area contributed by atoms with Crippen LogP contribution in [0.25, 0.3) is 0 Å². The Bertz CT molecular complexity index is 132. The fourth-order valence-electron chi connectivity index (χ4n) is 0.416. The van der Waals surface area contributed by atoms with E-state index in [1.165, 1.54) is 0 Å². The van der Waals surface area contributed by atoms with Crippen molar-refractivity contribution in [3.63, 3.8) is 0 Å². The molecule has 2 nitrogen and oxygen atoms in total. The third kappa shape index (κ3) is 3.64. The van der Waals surface area contributed by atoms with Crippen LogP contribution in [0.4, 0.5) is 0 Å². The smallest absolute Gasteiger partial charge is 0.0218 e. The molecule has 0 bridgehead atoms. The highest BCUT2D eigenvalue weighted by molar-refractivity contribution is 4.99. The fourth-order valence-corrected chi connectivity index (χ4v) is 0.416. The summed E-state index contributed by atoms with van der Waals surface area (Å²) in [5.41, 5.74) is 7.19. The number of nitrogens with two attached hydrogens (primary N) is 1. The predicted molar refractivity (Wildman–Crippen MR) is 40.5 cm³/mol. The number of allylic oxidation sites excluding steroid dienone is 2. The number of hydrogen-bond donors (Lipinski definition) is 1. The van der Waals surface area contributed by atoms with E-state index in [-0.39, 0.29) is 0 Å². The van der Waals surface area contributed by atoms with Gasteiger partial charge in [0.05, 0.1) is 0 Å². The van der Waals surface area contributed by atoms with Gasteiger partial charge in [-0.05, 0) is 13.8 Å². The van der Waals surface area contributed by atoms with Crippen LogP contribution in [0.2, 0.25) is 0 Å². The van der Waals surface area contributed by atoms with Gasteiger partial charge in [-0.1, -0.05) is 6.58 Å². The zero-order chi connectivity index (χ0) is 7.44. The molecule has 0 atom stereocenters. The van der Waals surface area contributed by atoms with Gasteiger partial charge in [0.1, 0.15) is 0 Å². The second-order valence-electron chi connectivity index (χ2n) is 2.22. The van der Waals surface area contributed by atoms with Gasteiger partial charge in [-0.2, -0.15) is 0 Å². The molecule has 0 aromatic heterocycles. The molecule has 2 heteroatoms. The number of nitrogens with zero attached hydrogens (tertiary/aromatic N) is 1. The minimum absolute atomic E-state index is 0.792. The van der Waals surface area contributed by atoms with Gasteiger partial charge in [-0.25, -0.2) is 0 Å². The topological polar surface area (TPSA) is 29.3 Å². The van der Waals surface area contributed by atoms with Gasteiger partial charge in [-0.15, -0.1) is 0 Å². The van der Waals surface area contributed by atoms with E-state index in [4.69, 9.17) is 5.73 Å². The van der Waals surface area contributed by atoms with Crippen LogP contribution < -0.4 is 5.73 Å². The van der Waals surface area contributed by atoms with E-state index in [0.29, 0.717) is 0 Å². The Kier molecular flexibility index (Phi) is 2.85. The molecule has 0 aromatic rings. The first-order valence-electron chi connectivity index (χ1n) is 2.86. The van der Waals surface area contributed by atoms with Crippen LogP contribution in [-0.4, -0.2) is 11.9 Å². The number of hydrogen-bond acceptors (Lipinski definition) is 2. The highest BCUT2D eigenvalue weighted by atomic mass is 15.1. The molecule has 0 saturated heterocycles. The minimum Gasteiger partial charge on any atom is -0.401 e. The molecule has 0 spiro atoms. The van der Waals surface area contributed by atoms with Crippen molar-refractivity contribution in [2.45, 2.75) is 13.8 Å². The molecule has 0 fully saturated rings. The van der Waals surface area contributed by atoms with E-state index < -0.39 is 0 Å². The maximum absolute atomic E-state index is 5.41. The van der Waals surface area contributed by atoms with Gasteiger partial charge in [0.25, 0.3) is 0 Å². The molecule has 0 aliphatic heterocycles. The summed E-state index contributed by atoms with van der Waals surface area (Å²) in [7, 11) is 1.92. The summed E-state index contributed by atoms with van der Waals surface area (Å²) in [6.07, 6.45) is 1.84. The van der Waals surface area contributed by atoms with Crippen molar-refractivity contribution in [2.24, 2.45) is 5.73 Å². The Morgan fingerprint density at radius 3 is 2.11 bits per heavy atom. The van der Waals surface area contributed by atoms with E-state index in [1.54, 1.807) is 0 Å². The molecule has 52 valence electrons. The van der Waals surface area contributed by atoms with Gasteiger partial charge in [0, 0.05) is 24.6 Å². The summed E-state index contributed by atoms with van der Waals surface area (Å²) in [4.78, 5) is 1.88. The van der Waals surface area contributed by atoms with E-state index in [0.717, 1.165) is 11.4 Å². The SMILES string of the molecule is C=C(C)N(C)/C=C(/C)N. The van der Waals surface area contributed by atoms with E-state index in [1.807, 2.05) is 32.0 Å². The third-order valence-electron chi connectivity index (χ3n) is 0.999. The van der Waals surface area contributed by atoms with E-state index in [9.17, 15) is 0 Å². The largest absolute Gasteiger partial charge is 0.401 e. The monoisotopic (exact) mass is 126 g/mol. The molecule has 2 N–H and O–H groups in total. The second-order valence-corrected chi connectivity index (χ2v) is 2.22. The molecular formula is C7H14N2. The van der Waals surface area contributed by atoms with Crippen molar-refractivity contribution < 1.29 is 0 Å². The predicted octanol–water partition coefficient (Wildman–Crippen LogP) is 1.27. The van der Waals surface area contributed by atoms with Crippen LogP contribution in [0.1, 0.15) is 13.8 Å². The summed E-state index contributed by atoms with van der Waals surface area (Å²) < 4.78 is 0. The highest BCUT2D eigenvalue weighted by Gasteiger charge is 1.88. The molecule has 0 rings (SSSR count). The van der Waals surface area contributed by atoms with Crippen molar-refractivity contribution >= 4 is 0 Å². The molecule has 0 saturated carbocycles. The Hall–Kier alpha value is -0.920. The molecule has 0 amide bonds. The number of rotatable bonds is 2. The van der Waals surface area contributed by atoms with Gasteiger partial charge >= 0.3 is 0 Å². The van der Waals surface area contributed by atoms with Crippen LogP contribution in [-0.2, 0) is 0 Å². The maximum Gasteiger partial charge on any atom is 0.0218 e. The zero-order valence-electron chi connectivity index (χ0n) is 6.31. The van der Waals surface area contributed by atoms with Crippen molar-refractivity contribution in [3.05, 3.63) is 24.2 Å². The molecule has 0 radical (unpaired) electrons. The molecule has 0 aliphatic carbocycles. The summed E-state index contributed by atoms with van der Waals surface area (Å²) >= 11 is 0. The van der Waals surface area contributed by atoms with Crippen LogP contribution in [0.15, 0.2) is 24.2 Å². The van der Waals surface area contributed by atoms with Crippen LogP contribution in [0.5, 0.6) is 0 Å². The average Bonchev–Trinajstić information content (AvgIpc) is 1.63. The van der Waals surface area contributed by atoms with Gasteiger partial charge in [0.15, 0.2) is 0 Å². The van der Waals surface area contributed by atoms with Crippen molar-refractivity contribution in [3.8, 4) is 0 Å². The average molecular weight is 126 g/mol. The standard InChI is InChI=1S/C7H14N2/c1-6(2)9(4)5-7(3)8/h5H,1,8H2,2-4H3/b7-5-. The van der Waals surface area contributed by atoms with Gasteiger partial charge < -0.3 is 10.6 Å². The first-order valence-corrected chi connectivity index (χ1v) is 2.86. The Labute approximate surface area is 56.6 Å². The van der Waals surface area contributed by atoms with Gasteiger partial charge in [0.2, 0.25) is 0 Å². The lowest BCUT2D eigenvalue weighted by Crippen LogP contribution is -2.09. The third-order valence-corrected chi connectivity index (χ3v) is 0.999. The Morgan fingerprint density at radius 2 is 2.00 bits per heavy atom. The van der Waals surface area contributed by atoms with Crippen molar-refractivity contribution in [1.82, 2.24) is 4.90 Å². The summed E-state index contributed by atoms with van der Waals surface area (Å²) in [5.74, 6) is 0. The normalized spacial score (nSPS) is 11.2. The molecular weight excluding hydrogens is 112 g/mol. The van der Waals surface area contributed by atoms with Gasteiger partial charge in [-0.3, -0.25) is 0 Å². The summed E-state index contributed by atoms with van der Waals surface area (Å²) in [6, 6.07) is 0. The fraction of sp³-hybridized carbons (Fsp3) is 0.429. The van der Waals surface area contributed by atoms with Crippen molar-refractivity contribution in [2.75, 3.05) is 7.05 Å². The lowest BCUT2D eigenvalue weighted by molar-refractivity contribution is 0.567. The van der Waals surface area contributed by atoms with Crippen LogP contribution in [0, 0.1) is 0 Å². The maximum atomic E-state index is 5.41. The lowest BCUT2D eigenvalue weighted by Gasteiger charge is -2.12. The first kappa shape index (κ1) is 8.08. The van der Waals surface area contributed by atoms with Crippen LogP contribution >= 0.6 is 0 Å². The highest BCUT2D eigenvalue weighted by Crippen LogP contribution is 1.96. The van der Waals surface area contributed by atoms with Crippen molar-refractivity contribution in [1.29, 1.82) is 0 Å². The summed E-state index contributed by atoms with van der Waals surface area (Å²) in [5, 5.41) is 0. The molecule has 9 heavy (non-hydrogen) atoms. The lowest BCUT2D eigenvalue weighted by atomic mass is 10.4. The second kappa shape index (κ2) is 3.17. The minimum atomic E-state index is 0.792. The van der Waals surface area contributed by atoms with E-state index in [2.05, 4.69) is 6.58 Å². The van der Waals surface area contributed by atoms with E-state index >= 15 is 0 Å².